The third-order valence-corrected chi connectivity index (χ3v) is 4.62. The normalized spacial score (nSPS) is 15.3. The summed E-state index contributed by atoms with van der Waals surface area (Å²) in [7, 11) is 1.77. The number of amides is 2. The summed E-state index contributed by atoms with van der Waals surface area (Å²) >= 11 is 0. The van der Waals surface area contributed by atoms with E-state index in [0.29, 0.717) is 38.0 Å². The van der Waals surface area contributed by atoms with Crippen molar-refractivity contribution in [2.45, 2.75) is 33.2 Å². The fourth-order valence-electron chi connectivity index (χ4n) is 3.06. The molecule has 6 nitrogen and oxygen atoms in total. The van der Waals surface area contributed by atoms with Crippen LogP contribution in [-0.2, 0) is 16.1 Å². The first-order valence-electron chi connectivity index (χ1n) is 8.65. The molecule has 25 heavy (non-hydrogen) atoms. The molecule has 1 aliphatic heterocycles. The van der Waals surface area contributed by atoms with E-state index in [1.807, 2.05) is 26.0 Å². The van der Waals surface area contributed by atoms with Gasteiger partial charge in [-0.1, -0.05) is 26.0 Å². The zero-order valence-electron chi connectivity index (χ0n) is 15.1. The highest BCUT2D eigenvalue weighted by molar-refractivity contribution is 5.94. The standard InChI is InChI=1S/C19H26N2O4/c1-13(2)17(22)20(3)12-14-4-6-15(7-5-14)18(23)21-10-8-16(9-11-21)19(24)25/h4-7,13,16H,8-12H2,1-3H3,(H,24,25). The fourth-order valence-corrected chi connectivity index (χ4v) is 3.06. The van der Waals surface area contributed by atoms with Crippen molar-refractivity contribution in [3.8, 4) is 0 Å². The second-order valence-corrected chi connectivity index (χ2v) is 6.95. The van der Waals surface area contributed by atoms with Gasteiger partial charge < -0.3 is 14.9 Å². The van der Waals surface area contributed by atoms with Crippen molar-refractivity contribution in [2.24, 2.45) is 11.8 Å². The van der Waals surface area contributed by atoms with Crippen LogP contribution in [0.5, 0.6) is 0 Å². The van der Waals surface area contributed by atoms with E-state index in [1.165, 1.54) is 0 Å². The maximum absolute atomic E-state index is 12.5. The molecule has 2 rings (SSSR count). The van der Waals surface area contributed by atoms with Crippen LogP contribution >= 0.6 is 0 Å². The number of nitrogens with zero attached hydrogens (tertiary/aromatic N) is 2. The summed E-state index contributed by atoms with van der Waals surface area (Å²) in [4.78, 5) is 38.8. The predicted octanol–water partition coefficient (Wildman–Crippen LogP) is 2.24. The molecule has 1 aromatic rings. The van der Waals surface area contributed by atoms with E-state index in [4.69, 9.17) is 5.11 Å². The van der Waals surface area contributed by atoms with Crippen LogP contribution in [-0.4, -0.2) is 52.8 Å². The van der Waals surface area contributed by atoms with Crippen LogP contribution < -0.4 is 0 Å². The van der Waals surface area contributed by atoms with E-state index in [2.05, 4.69) is 0 Å². The molecule has 0 bridgehead atoms. The highest BCUT2D eigenvalue weighted by atomic mass is 16.4. The fraction of sp³-hybridized carbons (Fsp3) is 0.526. The first-order valence-corrected chi connectivity index (χ1v) is 8.65. The first kappa shape index (κ1) is 19.0. The van der Waals surface area contributed by atoms with Crippen molar-refractivity contribution < 1.29 is 19.5 Å². The number of carboxylic acids is 1. The smallest absolute Gasteiger partial charge is 0.306 e. The van der Waals surface area contributed by atoms with Crippen molar-refractivity contribution in [1.82, 2.24) is 9.80 Å². The molecule has 1 N–H and O–H groups in total. The molecule has 1 aliphatic rings. The Morgan fingerprint density at radius 3 is 2.20 bits per heavy atom. The number of aliphatic carboxylic acids is 1. The Kier molecular flexibility index (Phi) is 6.17. The van der Waals surface area contributed by atoms with Crippen molar-refractivity contribution in [1.29, 1.82) is 0 Å². The van der Waals surface area contributed by atoms with E-state index in [1.54, 1.807) is 29.0 Å². The highest BCUT2D eigenvalue weighted by Gasteiger charge is 2.27. The van der Waals surface area contributed by atoms with Crippen LogP contribution in [0.1, 0.15) is 42.6 Å². The number of hydrogen-bond donors (Lipinski definition) is 1. The van der Waals surface area contributed by atoms with Gasteiger partial charge in [-0.2, -0.15) is 0 Å². The largest absolute Gasteiger partial charge is 0.481 e. The van der Waals surface area contributed by atoms with Crippen LogP contribution in [0.4, 0.5) is 0 Å². The zero-order valence-corrected chi connectivity index (χ0v) is 15.1. The van der Waals surface area contributed by atoms with E-state index in [9.17, 15) is 14.4 Å². The van der Waals surface area contributed by atoms with E-state index < -0.39 is 5.97 Å². The number of carboxylic acid groups (broad SMARTS) is 1. The molecule has 0 unspecified atom stereocenters. The molecular formula is C19H26N2O4. The van der Waals surface area contributed by atoms with Gasteiger partial charge in [0.25, 0.3) is 5.91 Å². The summed E-state index contributed by atoms with van der Waals surface area (Å²) < 4.78 is 0. The van der Waals surface area contributed by atoms with Crippen LogP contribution in [0.25, 0.3) is 0 Å². The number of carbonyl (C=O) groups excluding carboxylic acids is 2. The van der Waals surface area contributed by atoms with Gasteiger partial charge in [-0.15, -0.1) is 0 Å². The second kappa shape index (κ2) is 8.14. The minimum absolute atomic E-state index is 0.0421. The number of hydrogen-bond acceptors (Lipinski definition) is 3. The Balaban J connectivity index is 1.94. The molecule has 136 valence electrons. The molecule has 2 amide bonds. The Labute approximate surface area is 148 Å². The number of carbonyl (C=O) groups is 3. The topological polar surface area (TPSA) is 77.9 Å². The molecular weight excluding hydrogens is 320 g/mol. The molecule has 0 aliphatic carbocycles. The predicted molar refractivity (Wildman–Crippen MR) is 94.0 cm³/mol. The molecule has 0 aromatic heterocycles. The molecule has 1 aromatic carbocycles. The van der Waals surface area contributed by atoms with E-state index in [0.717, 1.165) is 5.56 Å². The molecule has 0 spiro atoms. The molecule has 1 heterocycles. The summed E-state index contributed by atoms with van der Waals surface area (Å²) in [5.41, 5.74) is 1.56. The third kappa shape index (κ3) is 4.81. The average molecular weight is 346 g/mol. The molecule has 0 atom stereocenters. The quantitative estimate of drug-likeness (QED) is 0.887. The highest BCUT2D eigenvalue weighted by Crippen LogP contribution is 2.19. The van der Waals surface area contributed by atoms with Gasteiger partial charge in [0.2, 0.25) is 5.91 Å². The van der Waals surface area contributed by atoms with Crippen LogP contribution in [0.3, 0.4) is 0 Å². The Hall–Kier alpha value is -2.37. The molecule has 1 saturated heterocycles. The van der Waals surface area contributed by atoms with Crippen molar-refractivity contribution in [2.75, 3.05) is 20.1 Å². The van der Waals surface area contributed by atoms with Gasteiger partial charge in [-0.25, -0.2) is 0 Å². The lowest BCUT2D eigenvalue weighted by Crippen LogP contribution is -2.40. The van der Waals surface area contributed by atoms with Gasteiger partial charge in [0.15, 0.2) is 0 Å². The van der Waals surface area contributed by atoms with Gasteiger partial charge in [-0.3, -0.25) is 14.4 Å². The number of likely N-dealkylation sites (tertiary alicyclic amines) is 1. The number of piperidine rings is 1. The SMILES string of the molecule is CC(C)C(=O)N(C)Cc1ccc(C(=O)N2CCC(C(=O)O)CC2)cc1. The van der Waals surface area contributed by atoms with Gasteiger partial charge >= 0.3 is 5.97 Å². The monoisotopic (exact) mass is 346 g/mol. The van der Waals surface area contributed by atoms with Gasteiger partial charge in [0.1, 0.15) is 0 Å². The lowest BCUT2D eigenvalue weighted by atomic mass is 9.96. The Bertz CT molecular complexity index is 631. The lowest BCUT2D eigenvalue weighted by molar-refractivity contribution is -0.143. The minimum atomic E-state index is -0.781. The Morgan fingerprint density at radius 2 is 1.72 bits per heavy atom. The maximum Gasteiger partial charge on any atom is 0.306 e. The van der Waals surface area contributed by atoms with Gasteiger partial charge in [0.05, 0.1) is 5.92 Å². The lowest BCUT2D eigenvalue weighted by Gasteiger charge is -2.30. The van der Waals surface area contributed by atoms with E-state index in [-0.39, 0.29) is 23.7 Å². The van der Waals surface area contributed by atoms with E-state index >= 15 is 0 Å². The third-order valence-electron chi connectivity index (χ3n) is 4.62. The number of benzene rings is 1. The van der Waals surface area contributed by atoms with Crippen LogP contribution in [0, 0.1) is 11.8 Å². The molecule has 1 fully saturated rings. The molecule has 6 heteroatoms. The van der Waals surface area contributed by atoms with Crippen molar-refractivity contribution in [3.63, 3.8) is 0 Å². The summed E-state index contributed by atoms with van der Waals surface area (Å²) in [6.45, 7) is 5.20. The summed E-state index contributed by atoms with van der Waals surface area (Å²) in [5.74, 6) is -1.15. The van der Waals surface area contributed by atoms with Gasteiger partial charge in [0, 0.05) is 38.2 Å². The molecule has 0 saturated carbocycles. The number of rotatable bonds is 5. The minimum Gasteiger partial charge on any atom is -0.481 e. The zero-order chi connectivity index (χ0) is 18.6. The first-order chi connectivity index (χ1) is 11.8. The van der Waals surface area contributed by atoms with Crippen molar-refractivity contribution >= 4 is 17.8 Å². The van der Waals surface area contributed by atoms with Crippen LogP contribution in [0.2, 0.25) is 0 Å². The summed E-state index contributed by atoms with van der Waals surface area (Å²) in [5, 5.41) is 9.02. The maximum atomic E-state index is 12.5. The van der Waals surface area contributed by atoms with Crippen molar-refractivity contribution in [3.05, 3.63) is 35.4 Å². The van der Waals surface area contributed by atoms with Gasteiger partial charge in [-0.05, 0) is 30.5 Å². The summed E-state index contributed by atoms with van der Waals surface area (Å²) in [6.07, 6.45) is 1.00. The summed E-state index contributed by atoms with van der Waals surface area (Å²) in [6, 6.07) is 7.27. The average Bonchev–Trinajstić information content (AvgIpc) is 2.61. The second-order valence-electron chi connectivity index (χ2n) is 6.95. The van der Waals surface area contributed by atoms with Crippen LogP contribution in [0.15, 0.2) is 24.3 Å². The Morgan fingerprint density at radius 1 is 1.16 bits per heavy atom. The molecule has 0 radical (unpaired) electrons.